The number of hydrogen-bond acceptors (Lipinski definition) is 6. The monoisotopic (exact) mass is 372 g/mol. The molecular weight excluding hydrogens is 356 g/mol. The van der Waals surface area contributed by atoms with Gasteiger partial charge in [0.25, 0.3) is 5.69 Å². The van der Waals surface area contributed by atoms with Crippen molar-refractivity contribution < 1.29 is 4.92 Å². The second-order valence-corrected chi connectivity index (χ2v) is 8.25. The summed E-state index contributed by atoms with van der Waals surface area (Å²) in [6, 6.07) is 11.3. The van der Waals surface area contributed by atoms with E-state index in [1.165, 1.54) is 6.07 Å². The van der Waals surface area contributed by atoms with Crippen molar-refractivity contribution in [1.82, 2.24) is 14.8 Å². The molecule has 2 heterocycles. The topological polar surface area (TPSA) is 73.8 Å². The number of rotatable bonds is 6. The van der Waals surface area contributed by atoms with E-state index in [-0.39, 0.29) is 15.9 Å². The van der Waals surface area contributed by atoms with Crippen molar-refractivity contribution in [2.24, 2.45) is 0 Å². The first-order valence-electron chi connectivity index (χ1n) is 8.03. The number of nitrogens with zero attached hydrogens (tertiary/aromatic N) is 4. The summed E-state index contributed by atoms with van der Waals surface area (Å²) in [4.78, 5) is 11.8. The summed E-state index contributed by atoms with van der Waals surface area (Å²) < 4.78 is 2.23. The van der Waals surface area contributed by atoms with Crippen molar-refractivity contribution in [2.45, 2.75) is 36.2 Å². The molecule has 0 unspecified atom stereocenters. The van der Waals surface area contributed by atoms with Crippen LogP contribution >= 0.6 is 23.1 Å². The van der Waals surface area contributed by atoms with Gasteiger partial charge in [0, 0.05) is 23.4 Å². The minimum absolute atomic E-state index is 0.0535. The van der Waals surface area contributed by atoms with Gasteiger partial charge in [-0.25, -0.2) is 0 Å². The Morgan fingerprint density at radius 1 is 1.32 bits per heavy atom. The fraction of sp³-hybridized carbons (Fsp3) is 0.294. The maximum Gasteiger partial charge on any atom is 0.269 e. The maximum absolute atomic E-state index is 11.0. The summed E-state index contributed by atoms with van der Waals surface area (Å²) in [7, 11) is 0. The first-order chi connectivity index (χ1) is 12.1. The zero-order valence-corrected chi connectivity index (χ0v) is 15.2. The summed E-state index contributed by atoms with van der Waals surface area (Å²) in [6.07, 6.45) is 2.30. The van der Waals surface area contributed by atoms with E-state index in [9.17, 15) is 10.1 Å². The molecule has 0 bridgehead atoms. The van der Waals surface area contributed by atoms with Crippen molar-refractivity contribution in [3.8, 4) is 10.7 Å². The van der Waals surface area contributed by atoms with E-state index in [4.69, 9.17) is 0 Å². The summed E-state index contributed by atoms with van der Waals surface area (Å²) in [5, 5.41) is 22.8. The Balaban J connectivity index is 1.63. The van der Waals surface area contributed by atoms with E-state index >= 15 is 0 Å². The van der Waals surface area contributed by atoms with Gasteiger partial charge in [-0.2, -0.15) is 0 Å². The Morgan fingerprint density at radius 2 is 2.16 bits per heavy atom. The van der Waals surface area contributed by atoms with E-state index < -0.39 is 0 Å². The summed E-state index contributed by atoms with van der Waals surface area (Å²) in [6.45, 7) is 2.04. The predicted molar refractivity (Wildman–Crippen MR) is 99.0 cm³/mol. The molecule has 1 fully saturated rings. The van der Waals surface area contributed by atoms with Crippen LogP contribution in [0.5, 0.6) is 0 Å². The van der Waals surface area contributed by atoms with E-state index in [2.05, 4.69) is 20.8 Å². The molecule has 2 aromatic heterocycles. The van der Waals surface area contributed by atoms with Crippen molar-refractivity contribution in [2.75, 3.05) is 0 Å². The first-order valence-corrected chi connectivity index (χ1v) is 9.79. The molecule has 0 amide bonds. The number of aromatic nitrogens is 3. The molecular formula is C17H16N4O2S2. The zero-order chi connectivity index (χ0) is 17.4. The maximum atomic E-state index is 11.0. The number of nitro benzene ring substituents is 1. The van der Waals surface area contributed by atoms with Crippen molar-refractivity contribution in [3.63, 3.8) is 0 Å². The fourth-order valence-corrected chi connectivity index (χ4v) is 4.45. The molecule has 0 spiro atoms. The van der Waals surface area contributed by atoms with E-state index in [0.29, 0.717) is 6.04 Å². The van der Waals surface area contributed by atoms with Crippen LogP contribution in [0.25, 0.3) is 10.7 Å². The van der Waals surface area contributed by atoms with E-state index in [1.54, 1.807) is 35.2 Å². The predicted octanol–water partition coefficient (Wildman–Crippen LogP) is 5.10. The molecule has 8 heteroatoms. The zero-order valence-electron chi connectivity index (χ0n) is 13.5. The average Bonchev–Trinajstić information content (AvgIpc) is 3.14. The van der Waals surface area contributed by atoms with Gasteiger partial charge < -0.3 is 0 Å². The highest BCUT2D eigenvalue weighted by Gasteiger charge is 2.31. The number of non-ortho nitro benzene ring substituents is 1. The molecule has 6 nitrogen and oxygen atoms in total. The van der Waals surface area contributed by atoms with E-state index in [1.807, 2.05) is 24.4 Å². The van der Waals surface area contributed by atoms with Crippen molar-refractivity contribution in [1.29, 1.82) is 0 Å². The SMILES string of the molecule is C[C@H](Sc1nnc(-c2cccs2)n1C1CC1)c1cccc([N+](=O)[O-])c1. The molecule has 3 aromatic rings. The molecule has 1 aromatic carbocycles. The van der Waals surface area contributed by atoms with Gasteiger partial charge in [-0.1, -0.05) is 30.0 Å². The van der Waals surface area contributed by atoms with Crippen LogP contribution in [-0.4, -0.2) is 19.7 Å². The molecule has 0 saturated heterocycles. The number of nitro groups is 1. The van der Waals surface area contributed by atoms with Gasteiger partial charge in [0.1, 0.15) is 0 Å². The fourth-order valence-electron chi connectivity index (χ4n) is 2.71. The number of hydrogen-bond donors (Lipinski definition) is 0. The molecule has 1 aliphatic rings. The number of benzene rings is 1. The standard InChI is InChI=1S/C17H16N4O2S2/c1-11(12-4-2-5-14(10-12)21(22)23)25-17-19-18-16(15-6-3-9-24-15)20(17)13-7-8-13/h2-6,9-11,13H,7-8H2,1H3/t11-/m0/s1. The number of thioether (sulfide) groups is 1. The highest BCUT2D eigenvalue weighted by Crippen LogP contribution is 2.44. The van der Waals surface area contributed by atoms with Crippen LogP contribution in [0.15, 0.2) is 46.9 Å². The molecule has 25 heavy (non-hydrogen) atoms. The minimum Gasteiger partial charge on any atom is -0.298 e. The lowest BCUT2D eigenvalue weighted by atomic mass is 10.1. The highest BCUT2D eigenvalue weighted by molar-refractivity contribution is 7.99. The second kappa shape index (κ2) is 6.61. The van der Waals surface area contributed by atoms with Crippen LogP contribution < -0.4 is 0 Å². The molecule has 1 aliphatic carbocycles. The van der Waals surface area contributed by atoms with Gasteiger partial charge in [0.15, 0.2) is 11.0 Å². The summed E-state index contributed by atoms with van der Waals surface area (Å²) in [5.41, 5.74) is 1.04. The van der Waals surface area contributed by atoms with Gasteiger partial charge in [-0.3, -0.25) is 14.7 Å². The van der Waals surface area contributed by atoms with Crippen LogP contribution in [0.4, 0.5) is 5.69 Å². The molecule has 128 valence electrons. The van der Waals surface area contributed by atoms with Gasteiger partial charge >= 0.3 is 0 Å². The largest absolute Gasteiger partial charge is 0.298 e. The normalized spacial score (nSPS) is 15.2. The van der Waals surface area contributed by atoms with Crippen molar-refractivity contribution in [3.05, 3.63) is 57.5 Å². The quantitative estimate of drug-likeness (QED) is 0.342. The minimum atomic E-state index is -0.359. The lowest BCUT2D eigenvalue weighted by molar-refractivity contribution is -0.384. The molecule has 0 aliphatic heterocycles. The first kappa shape index (κ1) is 16.3. The lowest BCUT2D eigenvalue weighted by Crippen LogP contribution is -2.00. The van der Waals surface area contributed by atoms with Gasteiger partial charge in [-0.05, 0) is 36.8 Å². The Kier molecular flexibility index (Phi) is 4.30. The smallest absolute Gasteiger partial charge is 0.269 e. The van der Waals surface area contributed by atoms with Gasteiger partial charge in [-0.15, -0.1) is 21.5 Å². The third-order valence-corrected chi connectivity index (χ3v) is 6.13. The van der Waals surface area contributed by atoms with Crippen LogP contribution in [0.2, 0.25) is 0 Å². The van der Waals surface area contributed by atoms with Crippen LogP contribution in [0.3, 0.4) is 0 Å². The number of thiophene rings is 1. The Morgan fingerprint density at radius 3 is 2.84 bits per heavy atom. The summed E-state index contributed by atoms with van der Waals surface area (Å²) in [5.74, 6) is 0.922. The third-order valence-electron chi connectivity index (χ3n) is 4.15. The average molecular weight is 372 g/mol. The Hall–Kier alpha value is -2.19. The molecule has 0 radical (unpaired) electrons. The van der Waals surface area contributed by atoms with Gasteiger partial charge in [0.05, 0.1) is 9.80 Å². The second-order valence-electron chi connectivity index (χ2n) is 6.00. The third kappa shape index (κ3) is 3.32. The molecule has 4 rings (SSSR count). The summed E-state index contributed by atoms with van der Waals surface area (Å²) >= 11 is 3.26. The highest BCUT2D eigenvalue weighted by atomic mass is 32.2. The van der Waals surface area contributed by atoms with Crippen LogP contribution in [0, 0.1) is 10.1 Å². The lowest BCUT2D eigenvalue weighted by Gasteiger charge is -2.13. The van der Waals surface area contributed by atoms with Crippen LogP contribution in [-0.2, 0) is 0 Å². The van der Waals surface area contributed by atoms with E-state index in [0.717, 1.165) is 34.3 Å². The Labute approximate surface area is 153 Å². The van der Waals surface area contributed by atoms with Gasteiger partial charge in [0.2, 0.25) is 0 Å². The van der Waals surface area contributed by atoms with Crippen molar-refractivity contribution >= 4 is 28.8 Å². The molecule has 1 saturated carbocycles. The Bertz CT molecular complexity index is 903. The van der Waals surface area contributed by atoms with Crippen LogP contribution in [0.1, 0.15) is 36.6 Å². The molecule has 0 N–H and O–H groups in total. The molecule has 1 atom stereocenters.